The number of allylic oxidation sites excluding steroid dienone is 4. The third-order valence-electron chi connectivity index (χ3n) is 3.88. The fraction of sp³-hybridized carbons (Fsp3) is 0.211. The summed E-state index contributed by atoms with van der Waals surface area (Å²) in [5, 5.41) is 0. The van der Waals surface area contributed by atoms with Crippen LogP contribution in [0.25, 0.3) is 5.57 Å². The predicted molar refractivity (Wildman–Crippen MR) is 89.2 cm³/mol. The lowest BCUT2D eigenvalue weighted by Gasteiger charge is -2.29. The van der Waals surface area contributed by atoms with Gasteiger partial charge < -0.3 is 5.73 Å². The number of fused-ring (bicyclic) bond motifs is 1. The summed E-state index contributed by atoms with van der Waals surface area (Å²) in [5.74, 6) is -0.448. The zero-order valence-corrected chi connectivity index (χ0v) is 12.6. The maximum Gasteiger partial charge on any atom is 0.200 e. The number of carbonyl (C=O) groups is 1. The minimum Gasteiger partial charge on any atom is -0.399 e. The second kappa shape index (κ2) is 6.14. The topological polar surface area (TPSA) is 43.1 Å². The number of nitrogens with two attached hydrogens (primary N) is 1. The molecule has 1 aliphatic rings. The van der Waals surface area contributed by atoms with E-state index in [1.165, 1.54) is 6.08 Å². The van der Waals surface area contributed by atoms with E-state index < -0.39 is 11.5 Å². The lowest BCUT2D eigenvalue weighted by Crippen LogP contribution is -2.38. The fourth-order valence-electron chi connectivity index (χ4n) is 2.64. The number of hydrogen-bond donors (Lipinski definition) is 1. The maximum atomic E-state index is 14.6. The minimum atomic E-state index is -1.82. The first kappa shape index (κ1) is 16.0. The van der Waals surface area contributed by atoms with Gasteiger partial charge in [0.2, 0.25) is 5.78 Å². The number of benzene rings is 1. The van der Waals surface area contributed by atoms with Gasteiger partial charge in [-0.25, -0.2) is 4.39 Å². The molecule has 2 rings (SSSR count). The molecule has 0 amide bonds. The first-order chi connectivity index (χ1) is 10.4. The number of halogens is 1. The maximum absolute atomic E-state index is 14.6. The van der Waals surface area contributed by atoms with E-state index in [0.717, 1.165) is 16.7 Å². The highest BCUT2D eigenvalue weighted by atomic mass is 19.1. The lowest BCUT2D eigenvalue weighted by atomic mass is 9.78. The van der Waals surface area contributed by atoms with Crippen molar-refractivity contribution in [2.75, 3.05) is 0 Å². The number of Topliss-reactive ketones (excluding diaryl/α,β-unsaturated/α-hetero) is 1. The predicted octanol–water partition coefficient (Wildman–Crippen LogP) is 4.14. The summed E-state index contributed by atoms with van der Waals surface area (Å²) in [5.41, 5.74) is 7.10. The Labute approximate surface area is 130 Å². The zero-order valence-electron chi connectivity index (χ0n) is 12.6. The molecule has 2 nitrogen and oxygen atoms in total. The van der Waals surface area contributed by atoms with Crippen LogP contribution in [0.15, 0.2) is 61.9 Å². The monoisotopic (exact) mass is 297 g/mol. The Kier molecular flexibility index (Phi) is 4.45. The van der Waals surface area contributed by atoms with Gasteiger partial charge in [-0.2, -0.15) is 0 Å². The van der Waals surface area contributed by atoms with Crippen molar-refractivity contribution in [2.45, 2.75) is 24.9 Å². The van der Waals surface area contributed by atoms with Gasteiger partial charge in [-0.05, 0) is 35.6 Å². The van der Waals surface area contributed by atoms with Crippen LogP contribution < -0.4 is 5.73 Å². The van der Waals surface area contributed by atoms with Gasteiger partial charge in [-0.15, -0.1) is 6.58 Å². The third kappa shape index (κ3) is 3.08. The van der Waals surface area contributed by atoms with E-state index >= 15 is 0 Å². The van der Waals surface area contributed by atoms with Crippen molar-refractivity contribution in [1.82, 2.24) is 0 Å². The summed E-state index contributed by atoms with van der Waals surface area (Å²) in [7, 11) is 0. The highest BCUT2D eigenvalue weighted by Gasteiger charge is 2.41. The molecule has 3 heteroatoms. The van der Waals surface area contributed by atoms with Crippen molar-refractivity contribution < 1.29 is 9.18 Å². The molecule has 0 bridgehead atoms. The smallest absolute Gasteiger partial charge is 0.200 e. The molecule has 0 saturated carbocycles. The molecule has 0 radical (unpaired) electrons. The average molecular weight is 297 g/mol. The van der Waals surface area contributed by atoms with Gasteiger partial charge >= 0.3 is 0 Å². The number of alkyl halides is 1. The normalized spacial score (nSPS) is 20.7. The Bertz CT molecular complexity index is 687. The van der Waals surface area contributed by atoms with Crippen LogP contribution in [0, 0.1) is 0 Å². The molecule has 1 atom stereocenters. The molecule has 1 aliphatic carbocycles. The Balaban J connectivity index is 2.31. The number of hydrogen-bond acceptors (Lipinski definition) is 2. The number of ketones is 1. The van der Waals surface area contributed by atoms with Crippen LogP contribution in [-0.4, -0.2) is 11.5 Å². The fourth-order valence-corrected chi connectivity index (χ4v) is 2.64. The van der Waals surface area contributed by atoms with Gasteiger partial charge in [0, 0.05) is 17.7 Å². The van der Waals surface area contributed by atoms with E-state index in [-0.39, 0.29) is 12.8 Å². The summed E-state index contributed by atoms with van der Waals surface area (Å²) in [6, 6.07) is 5.36. The summed E-state index contributed by atoms with van der Waals surface area (Å²) >= 11 is 0. The van der Waals surface area contributed by atoms with E-state index in [2.05, 4.69) is 19.7 Å². The lowest BCUT2D eigenvalue weighted by molar-refractivity contribution is 0.0644. The average Bonchev–Trinajstić information content (AvgIpc) is 2.49. The van der Waals surface area contributed by atoms with Crippen molar-refractivity contribution in [3.05, 3.63) is 78.6 Å². The summed E-state index contributed by atoms with van der Waals surface area (Å²) in [4.78, 5) is 12.3. The van der Waals surface area contributed by atoms with E-state index in [0.29, 0.717) is 17.7 Å². The molecule has 1 unspecified atom stereocenters. The van der Waals surface area contributed by atoms with Crippen molar-refractivity contribution in [3.63, 3.8) is 0 Å². The minimum absolute atomic E-state index is 0.0566. The first-order valence-corrected chi connectivity index (χ1v) is 7.16. The quantitative estimate of drug-likeness (QED) is 0.655. The van der Waals surface area contributed by atoms with Gasteiger partial charge in [-0.3, -0.25) is 4.79 Å². The number of carbonyl (C=O) groups excluding carboxylic acids is 1. The van der Waals surface area contributed by atoms with Crippen LogP contribution in [0.5, 0.6) is 0 Å². The van der Waals surface area contributed by atoms with E-state index in [1.54, 1.807) is 24.3 Å². The highest BCUT2D eigenvalue weighted by Crippen LogP contribution is 2.35. The van der Waals surface area contributed by atoms with Crippen LogP contribution in [0.2, 0.25) is 0 Å². The molecule has 0 aromatic heterocycles. The van der Waals surface area contributed by atoms with Crippen LogP contribution in [-0.2, 0) is 6.42 Å². The SMILES string of the molecule is C=CCC1(F)CCc2cc(C(=C)/C=C\C(=C)N)ccc2C1=O. The molecule has 2 N–H and O–H groups in total. The van der Waals surface area contributed by atoms with Crippen molar-refractivity contribution in [2.24, 2.45) is 5.73 Å². The Morgan fingerprint density at radius 3 is 2.73 bits per heavy atom. The van der Waals surface area contributed by atoms with Crippen LogP contribution in [0.1, 0.15) is 34.3 Å². The van der Waals surface area contributed by atoms with Crippen LogP contribution >= 0.6 is 0 Å². The summed E-state index contributed by atoms with van der Waals surface area (Å²) in [6.07, 6.45) is 5.68. The highest BCUT2D eigenvalue weighted by molar-refractivity contribution is 6.05. The molecule has 1 aromatic rings. The van der Waals surface area contributed by atoms with Gasteiger partial charge in [0.1, 0.15) is 0 Å². The Hall–Kier alpha value is -2.42. The van der Waals surface area contributed by atoms with Crippen LogP contribution in [0.3, 0.4) is 0 Å². The Morgan fingerprint density at radius 1 is 1.36 bits per heavy atom. The van der Waals surface area contributed by atoms with Gasteiger partial charge in [0.15, 0.2) is 5.67 Å². The summed E-state index contributed by atoms with van der Waals surface area (Å²) < 4.78 is 14.6. The van der Waals surface area contributed by atoms with E-state index in [4.69, 9.17) is 5.73 Å². The van der Waals surface area contributed by atoms with Gasteiger partial charge in [0.25, 0.3) is 0 Å². The zero-order chi connectivity index (χ0) is 16.3. The summed E-state index contributed by atoms with van der Waals surface area (Å²) in [6.45, 7) is 11.1. The molecule has 0 aliphatic heterocycles. The van der Waals surface area contributed by atoms with Gasteiger partial charge in [-0.1, -0.05) is 43.5 Å². The van der Waals surface area contributed by atoms with Crippen molar-refractivity contribution >= 4 is 11.4 Å². The molecule has 0 fully saturated rings. The van der Waals surface area contributed by atoms with Crippen LogP contribution in [0.4, 0.5) is 4.39 Å². The van der Waals surface area contributed by atoms with Crippen molar-refractivity contribution in [1.29, 1.82) is 0 Å². The van der Waals surface area contributed by atoms with E-state index in [9.17, 15) is 9.18 Å². The first-order valence-electron chi connectivity index (χ1n) is 7.16. The van der Waals surface area contributed by atoms with E-state index in [1.807, 2.05) is 6.07 Å². The second-order valence-electron chi connectivity index (χ2n) is 5.59. The molecule has 0 heterocycles. The Morgan fingerprint density at radius 2 is 2.09 bits per heavy atom. The molecule has 22 heavy (non-hydrogen) atoms. The molecule has 0 saturated heterocycles. The largest absolute Gasteiger partial charge is 0.399 e. The number of rotatable bonds is 5. The molecular formula is C19H20FNO. The molecule has 0 spiro atoms. The third-order valence-corrected chi connectivity index (χ3v) is 3.88. The molecule has 1 aromatic carbocycles. The second-order valence-corrected chi connectivity index (χ2v) is 5.59. The number of aryl methyl sites for hydroxylation is 1. The molecular weight excluding hydrogens is 277 g/mol. The van der Waals surface area contributed by atoms with Gasteiger partial charge in [0.05, 0.1) is 0 Å². The molecule has 114 valence electrons. The van der Waals surface area contributed by atoms with Crippen molar-refractivity contribution in [3.8, 4) is 0 Å². The standard InChI is InChI=1S/C19H20FNO/c1-4-10-19(20)11-9-16-12-15(7-8-17(16)18(19)22)13(2)5-6-14(3)21/h4-8,12H,1-3,9-11,21H2/b6-5-.